The van der Waals surface area contributed by atoms with E-state index in [1.807, 2.05) is 6.92 Å². The van der Waals surface area contributed by atoms with Gasteiger partial charge in [0.05, 0.1) is 17.7 Å². The lowest BCUT2D eigenvalue weighted by molar-refractivity contribution is 0.541. The number of rotatable bonds is 5. The average Bonchev–Trinajstić information content (AvgIpc) is 2.93. The highest BCUT2D eigenvalue weighted by Gasteiger charge is 2.29. The quantitative estimate of drug-likeness (QED) is 0.775. The molecule has 2 heterocycles. The van der Waals surface area contributed by atoms with Crippen LogP contribution < -0.4 is 4.72 Å². The van der Waals surface area contributed by atoms with Gasteiger partial charge in [0.1, 0.15) is 5.82 Å². The molecule has 0 bridgehead atoms. The average molecular weight is 307 g/mol. The molecule has 2 rings (SSSR count). The molecule has 1 aromatic rings. The third-order valence-electron chi connectivity index (χ3n) is 3.12. The van der Waals surface area contributed by atoms with Crippen LogP contribution in [-0.4, -0.2) is 44.9 Å². The van der Waals surface area contributed by atoms with E-state index in [1.165, 1.54) is 6.20 Å². The molecular formula is C10H17N3O4S2. The number of aryl methyl sites for hydroxylation is 1. The molecule has 1 atom stereocenters. The van der Waals surface area contributed by atoms with Crippen LogP contribution in [0.1, 0.15) is 19.2 Å². The summed E-state index contributed by atoms with van der Waals surface area (Å²) in [4.78, 5) is 6.65. The smallest absolute Gasteiger partial charge is 0.257 e. The molecule has 2 N–H and O–H groups in total. The summed E-state index contributed by atoms with van der Waals surface area (Å²) in [5.74, 6) is 0.652. The number of sulfonamides is 1. The number of H-pyrrole nitrogens is 1. The van der Waals surface area contributed by atoms with Crippen LogP contribution in [0.15, 0.2) is 11.2 Å². The number of imidazole rings is 1. The van der Waals surface area contributed by atoms with E-state index in [1.54, 1.807) is 0 Å². The molecule has 1 aliphatic heterocycles. The first-order valence-electron chi connectivity index (χ1n) is 6.06. The largest absolute Gasteiger partial charge is 0.332 e. The zero-order valence-corrected chi connectivity index (χ0v) is 12.2. The molecule has 19 heavy (non-hydrogen) atoms. The zero-order chi connectivity index (χ0) is 14.1. The Bertz CT molecular complexity index is 648. The molecule has 7 nitrogen and oxygen atoms in total. The van der Waals surface area contributed by atoms with Crippen LogP contribution >= 0.6 is 0 Å². The molecule has 0 saturated carbocycles. The van der Waals surface area contributed by atoms with Gasteiger partial charge in [-0.25, -0.2) is 26.5 Å². The maximum atomic E-state index is 11.9. The van der Waals surface area contributed by atoms with Gasteiger partial charge in [-0.1, -0.05) is 6.92 Å². The molecule has 9 heteroatoms. The van der Waals surface area contributed by atoms with E-state index in [9.17, 15) is 16.8 Å². The molecule has 1 aliphatic rings. The highest BCUT2D eigenvalue weighted by molar-refractivity contribution is 7.91. The van der Waals surface area contributed by atoms with Crippen molar-refractivity contribution >= 4 is 19.9 Å². The third-order valence-corrected chi connectivity index (χ3v) is 6.29. The van der Waals surface area contributed by atoms with Gasteiger partial charge in [-0.3, -0.25) is 0 Å². The Kier molecular flexibility index (Phi) is 3.98. The van der Waals surface area contributed by atoms with Gasteiger partial charge in [0.15, 0.2) is 14.9 Å². The van der Waals surface area contributed by atoms with Gasteiger partial charge in [-0.2, -0.15) is 0 Å². The number of hydrogen-bond donors (Lipinski definition) is 2. The molecule has 1 saturated heterocycles. The van der Waals surface area contributed by atoms with Gasteiger partial charge in [-0.15, -0.1) is 0 Å². The van der Waals surface area contributed by atoms with E-state index < -0.39 is 19.9 Å². The minimum absolute atomic E-state index is 0.0187. The fourth-order valence-electron chi connectivity index (χ4n) is 2.00. The van der Waals surface area contributed by atoms with E-state index in [2.05, 4.69) is 14.7 Å². The Morgan fingerprint density at radius 1 is 1.53 bits per heavy atom. The summed E-state index contributed by atoms with van der Waals surface area (Å²) >= 11 is 0. The Labute approximate surface area is 112 Å². The SMILES string of the molecule is CCc1ncc(S(=O)(=O)NCC2CCS(=O)(=O)C2)[nH]1. The van der Waals surface area contributed by atoms with E-state index in [0.29, 0.717) is 18.7 Å². The number of hydrogen-bond acceptors (Lipinski definition) is 5. The molecule has 0 aromatic carbocycles. The Morgan fingerprint density at radius 3 is 2.79 bits per heavy atom. The molecule has 0 spiro atoms. The second kappa shape index (κ2) is 5.22. The van der Waals surface area contributed by atoms with Crippen molar-refractivity contribution in [1.82, 2.24) is 14.7 Å². The second-order valence-corrected chi connectivity index (χ2v) is 8.63. The molecule has 1 unspecified atom stereocenters. The van der Waals surface area contributed by atoms with Crippen molar-refractivity contribution in [2.45, 2.75) is 24.8 Å². The first-order chi connectivity index (χ1) is 8.82. The van der Waals surface area contributed by atoms with Gasteiger partial charge < -0.3 is 4.98 Å². The normalized spacial score (nSPS) is 22.7. The van der Waals surface area contributed by atoms with Gasteiger partial charge in [0.25, 0.3) is 10.0 Å². The summed E-state index contributed by atoms with van der Waals surface area (Å²) in [7, 11) is -6.62. The van der Waals surface area contributed by atoms with Crippen LogP contribution in [0.4, 0.5) is 0 Å². The van der Waals surface area contributed by atoms with Crippen LogP contribution in [0.5, 0.6) is 0 Å². The monoisotopic (exact) mass is 307 g/mol. The molecule has 0 amide bonds. The minimum Gasteiger partial charge on any atom is -0.332 e. The van der Waals surface area contributed by atoms with Crippen LogP contribution in [0.2, 0.25) is 0 Å². The number of aromatic nitrogens is 2. The maximum absolute atomic E-state index is 11.9. The first-order valence-corrected chi connectivity index (χ1v) is 9.37. The van der Waals surface area contributed by atoms with Crippen molar-refractivity contribution in [2.75, 3.05) is 18.1 Å². The zero-order valence-electron chi connectivity index (χ0n) is 10.6. The van der Waals surface area contributed by atoms with Crippen molar-refractivity contribution in [2.24, 2.45) is 5.92 Å². The number of nitrogens with zero attached hydrogens (tertiary/aromatic N) is 1. The van der Waals surface area contributed by atoms with E-state index in [4.69, 9.17) is 0 Å². The first kappa shape index (κ1) is 14.5. The topological polar surface area (TPSA) is 109 Å². The Balaban J connectivity index is 1.98. The van der Waals surface area contributed by atoms with Crippen molar-refractivity contribution in [3.8, 4) is 0 Å². The third kappa shape index (κ3) is 3.54. The Hall–Kier alpha value is -0.930. The molecule has 108 valence electrons. The van der Waals surface area contributed by atoms with Gasteiger partial charge in [0, 0.05) is 13.0 Å². The molecule has 0 radical (unpaired) electrons. The van der Waals surface area contributed by atoms with Crippen LogP contribution in [-0.2, 0) is 26.3 Å². The van der Waals surface area contributed by atoms with E-state index in [-0.39, 0.29) is 29.0 Å². The fourth-order valence-corrected chi connectivity index (χ4v) is 4.91. The second-order valence-electron chi connectivity index (χ2n) is 4.67. The van der Waals surface area contributed by atoms with Gasteiger partial charge in [0.2, 0.25) is 0 Å². The van der Waals surface area contributed by atoms with E-state index in [0.717, 1.165) is 0 Å². The van der Waals surface area contributed by atoms with Crippen LogP contribution in [0, 0.1) is 5.92 Å². The van der Waals surface area contributed by atoms with Crippen LogP contribution in [0.25, 0.3) is 0 Å². The summed E-state index contributed by atoms with van der Waals surface area (Å²) in [6.07, 6.45) is 2.40. The van der Waals surface area contributed by atoms with Gasteiger partial charge in [-0.05, 0) is 12.3 Å². The summed E-state index contributed by atoms with van der Waals surface area (Å²) in [5, 5.41) is 0.0187. The molecular weight excluding hydrogens is 290 g/mol. The van der Waals surface area contributed by atoms with Crippen molar-refractivity contribution < 1.29 is 16.8 Å². The summed E-state index contributed by atoms with van der Waals surface area (Å²) in [6, 6.07) is 0. The summed E-state index contributed by atoms with van der Waals surface area (Å²) < 4.78 is 48.9. The molecule has 0 aliphatic carbocycles. The van der Waals surface area contributed by atoms with Crippen molar-refractivity contribution in [3.63, 3.8) is 0 Å². The highest BCUT2D eigenvalue weighted by Crippen LogP contribution is 2.18. The summed E-state index contributed by atoms with van der Waals surface area (Å²) in [6.45, 7) is 2.01. The number of nitrogens with one attached hydrogen (secondary N) is 2. The van der Waals surface area contributed by atoms with E-state index >= 15 is 0 Å². The number of aromatic amines is 1. The minimum atomic E-state index is -3.64. The standard InChI is InChI=1S/C10H17N3O4S2/c1-2-9-11-6-10(13-9)19(16,17)12-5-8-3-4-18(14,15)7-8/h6,8,12H,2-5,7H2,1H3,(H,11,13). The fraction of sp³-hybridized carbons (Fsp3) is 0.700. The lowest BCUT2D eigenvalue weighted by Crippen LogP contribution is -2.30. The van der Waals surface area contributed by atoms with Crippen LogP contribution in [0.3, 0.4) is 0 Å². The maximum Gasteiger partial charge on any atom is 0.257 e. The van der Waals surface area contributed by atoms with Crippen molar-refractivity contribution in [3.05, 3.63) is 12.0 Å². The lowest BCUT2D eigenvalue weighted by atomic mass is 10.1. The number of sulfone groups is 1. The van der Waals surface area contributed by atoms with Gasteiger partial charge >= 0.3 is 0 Å². The lowest BCUT2D eigenvalue weighted by Gasteiger charge is -2.08. The molecule has 1 aromatic heterocycles. The molecule has 1 fully saturated rings. The predicted molar refractivity (Wildman–Crippen MR) is 69.9 cm³/mol. The van der Waals surface area contributed by atoms with Crippen molar-refractivity contribution in [1.29, 1.82) is 0 Å². The Morgan fingerprint density at radius 2 is 2.26 bits per heavy atom. The predicted octanol–water partition coefficient (Wildman–Crippen LogP) is -0.315. The highest BCUT2D eigenvalue weighted by atomic mass is 32.2. The summed E-state index contributed by atoms with van der Waals surface area (Å²) in [5.41, 5.74) is 0.